The third-order valence-corrected chi connectivity index (χ3v) is 5.92. The number of nitrogens with zero attached hydrogens (tertiary/aromatic N) is 3. The zero-order valence-corrected chi connectivity index (χ0v) is 16.6. The van der Waals surface area contributed by atoms with E-state index in [1.54, 1.807) is 6.07 Å². The number of aliphatic hydroxyl groups excluding tert-OH is 2. The Morgan fingerprint density at radius 2 is 2.00 bits per heavy atom. The minimum absolute atomic E-state index is 0.0629. The quantitative estimate of drug-likeness (QED) is 0.652. The topological polar surface area (TPSA) is 108 Å². The summed E-state index contributed by atoms with van der Waals surface area (Å²) in [6.07, 6.45) is 3.36. The molecule has 2 aromatic rings. The second kappa shape index (κ2) is 8.23. The maximum absolute atomic E-state index is 12.7. The minimum atomic E-state index is -1.09. The number of likely N-dealkylation sites (tertiary alicyclic amines) is 1. The summed E-state index contributed by atoms with van der Waals surface area (Å²) in [7, 11) is 0. The smallest absolute Gasteiger partial charge is 0.235 e. The Balaban J connectivity index is 1.30. The number of carbonyl (C=O) groups is 1. The molecule has 2 aliphatic heterocycles. The number of hydrogen-bond donors (Lipinski definition) is 3. The van der Waals surface area contributed by atoms with Crippen LogP contribution in [0.25, 0.3) is 0 Å². The van der Waals surface area contributed by atoms with Gasteiger partial charge in [0.2, 0.25) is 5.91 Å². The van der Waals surface area contributed by atoms with Crippen molar-refractivity contribution in [1.29, 1.82) is 0 Å². The summed E-state index contributed by atoms with van der Waals surface area (Å²) in [5.41, 5.74) is 1.38. The lowest BCUT2D eigenvalue weighted by Crippen LogP contribution is -2.47. The number of piperidine rings is 1. The van der Waals surface area contributed by atoms with Crippen molar-refractivity contribution in [2.24, 2.45) is 0 Å². The SMILES string of the molecule is O=C1Nc2ccc(Cl)cc2C12CCN(CCOc1cnc(C(O)CO)nc1)CC2. The predicted octanol–water partition coefficient (Wildman–Crippen LogP) is 1.52. The van der Waals surface area contributed by atoms with Gasteiger partial charge in [-0.15, -0.1) is 0 Å². The summed E-state index contributed by atoms with van der Waals surface area (Å²) in [6.45, 7) is 2.35. The van der Waals surface area contributed by atoms with Crippen LogP contribution in [0.5, 0.6) is 5.75 Å². The normalized spacial score (nSPS) is 19.1. The van der Waals surface area contributed by atoms with Crippen LogP contribution in [0.3, 0.4) is 0 Å². The zero-order valence-electron chi connectivity index (χ0n) is 15.8. The van der Waals surface area contributed by atoms with Crippen molar-refractivity contribution in [3.63, 3.8) is 0 Å². The third-order valence-electron chi connectivity index (χ3n) is 5.68. The zero-order chi connectivity index (χ0) is 20.4. The van der Waals surface area contributed by atoms with E-state index >= 15 is 0 Å². The van der Waals surface area contributed by atoms with E-state index in [-0.39, 0.29) is 11.7 Å². The van der Waals surface area contributed by atoms with Crippen LogP contribution in [0.1, 0.15) is 30.3 Å². The van der Waals surface area contributed by atoms with Crippen LogP contribution in [-0.2, 0) is 10.2 Å². The summed E-state index contributed by atoms with van der Waals surface area (Å²) < 4.78 is 5.68. The number of fused-ring (bicyclic) bond motifs is 2. The largest absolute Gasteiger partial charge is 0.489 e. The molecule has 1 saturated heterocycles. The van der Waals surface area contributed by atoms with Gasteiger partial charge in [-0.3, -0.25) is 9.69 Å². The van der Waals surface area contributed by atoms with Gasteiger partial charge in [-0.05, 0) is 49.7 Å². The molecule has 154 valence electrons. The Morgan fingerprint density at radius 1 is 1.28 bits per heavy atom. The number of nitrogens with one attached hydrogen (secondary N) is 1. The Kier molecular flexibility index (Phi) is 5.69. The number of carbonyl (C=O) groups excluding carboxylic acids is 1. The molecule has 3 N–H and O–H groups in total. The van der Waals surface area contributed by atoms with Crippen molar-refractivity contribution in [1.82, 2.24) is 14.9 Å². The first-order chi connectivity index (χ1) is 14.0. The molecule has 1 atom stereocenters. The van der Waals surface area contributed by atoms with Gasteiger partial charge in [-0.1, -0.05) is 11.6 Å². The molecule has 3 heterocycles. The number of anilines is 1. The van der Waals surface area contributed by atoms with Gasteiger partial charge in [-0.2, -0.15) is 0 Å². The molecule has 29 heavy (non-hydrogen) atoms. The highest BCUT2D eigenvalue weighted by Crippen LogP contribution is 2.45. The maximum atomic E-state index is 12.7. The van der Waals surface area contributed by atoms with Crippen LogP contribution in [0.4, 0.5) is 5.69 Å². The second-order valence-electron chi connectivity index (χ2n) is 7.39. The van der Waals surface area contributed by atoms with Crippen molar-refractivity contribution in [2.45, 2.75) is 24.4 Å². The molecule has 9 heteroatoms. The molecule has 8 nitrogen and oxygen atoms in total. The Hall–Kier alpha value is -2.26. The number of aliphatic hydroxyl groups is 2. The van der Waals surface area contributed by atoms with Gasteiger partial charge in [0.1, 0.15) is 12.7 Å². The number of aromatic nitrogens is 2. The van der Waals surface area contributed by atoms with Crippen LogP contribution in [0, 0.1) is 0 Å². The molecule has 0 bridgehead atoms. The van der Waals surface area contributed by atoms with E-state index in [0.29, 0.717) is 17.4 Å². The van der Waals surface area contributed by atoms with Crippen molar-refractivity contribution in [2.75, 3.05) is 38.2 Å². The molecular formula is C20H23ClN4O4. The molecule has 1 fully saturated rings. The fourth-order valence-electron chi connectivity index (χ4n) is 3.99. The van der Waals surface area contributed by atoms with Gasteiger partial charge >= 0.3 is 0 Å². The highest BCUT2D eigenvalue weighted by Gasteiger charge is 2.48. The fourth-order valence-corrected chi connectivity index (χ4v) is 4.16. The van der Waals surface area contributed by atoms with Crippen molar-refractivity contribution in [3.8, 4) is 5.75 Å². The van der Waals surface area contributed by atoms with Gasteiger partial charge in [0.05, 0.1) is 24.4 Å². The van der Waals surface area contributed by atoms with E-state index in [1.165, 1.54) is 12.4 Å². The summed E-state index contributed by atoms with van der Waals surface area (Å²) in [6, 6.07) is 5.58. The highest BCUT2D eigenvalue weighted by atomic mass is 35.5. The second-order valence-corrected chi connectivity index (χ2v) is 7.83. The van der Waals surface area contributed by atoms with Crippen LogP contribution in [-0.4, -0.2) is 63.8 Å². The summed E-state index contributed by atoms with van der Waals surface area (Å²) >= 11 is 6.16. The molecule has 1 aromatic carbocycles. The monoisotopic (exact) mass is 418 g/mol. The Labute approximate surface area is 173 Å². The lowest BCUT2D eigenvalue weighted by atomic mass is 9.73. The van der Waals surface area contributed by atoms with E-state index in [4.69, 9.17) is 21.4 Å². The average Bonchev–Trinajstić information content (AvgIpc) is 3.00. The lowest BCUT2D eigenvalue weighted by molar-refractivity contribution is -0.122. The molecule has 4 rings (SSSR count). The van der Waals surface area contributed by atoms with Crippen molar-refractivity contribution in [3.05, 3.63) is 47.0 Å². The van der Waals surface area contributed by atoms with Crippen LogP contribution in [0.2, 0.25) is 5.02 Å². The minimum Gasteiger partial charge on any atom is -0.489 e. The molecule has 1 spiro atoms. The molecule has 0 aliphatic carbocycles. The Morgan fingerprint density at radius 3 is 2.69 bits per heavy atom. The number of benzene rings is 1. The Bertz CT molecular complexity index is 885. The van der Waals surface area contributed by atoms with E-state index in [2.05, 4.69) is 20.2 Å². The standard InChI is InChI=1S/C20H23ClN4O4/c21-13-1-2-16-15(9-13)20(19(28)24-16)3-5-25(6-4-20)7-8-29-14-10-22-18(23-11-14)17(27)12-26/h1-2,9-11,17,26-27H,3-8,12H2,(H,24,28). The number of halogens is 1. The average molecular weight is 419 g/mol. The molecule has 1 unspecified atom stereocenters. The number of hydrogen-bond acceptors (Lipinski definition) is 7. The van der Waals surface area contributed by atoms with Crippen LogP contribution < -0.4 is 10.1 Å². The van der Waals surface area contributed by atoms with E-state index < -0.39 is 18.1 Å². The first kappa shape index (κ1) is 20.0. The number of ether oxygens (including phenoxy) is 1. The van der Waals surface area contributed by atoms with Crippen molar-refractivity contribution >= 4 is 23.2 Å². The van der Waals surface area contributed by atoms with E-state index in [0.717, 1.165) is 43.7 Å². The lowest BCUT2D eigenvalue weighted by Gasteiger charge is -2.37. The molecular weight excluding hydrogens is 396 g/mol. The summed E-state index contributed by atoms with van der Waals surface area (Å²) in [5, 5.41) is 22.0. The first-order valence-corrected chi connectivity index (χ1v) is 9.97. The van der Waals surface area contributed by atoms with E-state index in [1.807, 2.05) is 12.1 Å². The first-order valence-electron chi connectivity index (χ1n) is 9.59. The molecule has 1 amide bonds. The highest BCUT2D eigenvalue weighted by molar-refractivity contribution is 6.31. The molecule has 0 radical (unpaired) electrons. The van der Waals surface area contributed by atoms with E-state index in [9.17, 15) is 9.90 Å². The summed E-state index contributed by atoms with van der Waals surface area (Å²) in [4.78, 5) is 22.9. The fraction of sp³-hybridized carbons (Fsp3) is 0.450. The van der Waals surface area contributed by atoms with Crippen LogP contribution in [0.15, 0.2) is 30.6 Å². The van der Waals surface area contributed by atoms with Gasteiger partial charge < -0.3 is 20.3 Å². The molecule has 0 saturated carbocycles. The summed E-state index contributed by atoms with van der Waals surface area (Å²) in [5.74, 6) is 0.732. The van der Waals surface area contributed by atoms with Gasteiger partial charge in [0.15, 0.2) is 11.6 Å². The van der Waals surface area contributed by atoms with Gasteiger partial charge in [0, 0.05) is 17.3 Å². The predicted molar refractivity (Wildman–Crippen MR) is 107 cm³/mol. The molecule has 1 aromatic heterocycles. The van der Waals surface area contributed by atoms with Crippen molar-refractivity contribution < 1.29 is 19.7 Å². The van der Waals surface area contributed by atoms with Gasteiger partial charge in [0.25, 0.3) is 0 Å². The maximum Gasteiger partial charge on any atom is 0.235 e. The third kappa shape index (κ3) is 3.93. The van der Waals surface area contributed by atoms with Crippen LogP contribution >= 0.6 is 11.6 Å². The molecule has 2 aliphatic rings. The number of amides is 1. The van der Waals surface area contributed by atoms with Gasteiger partial charge in [-0.25, -0.2) is 9.97 Å². The number of rotatable bonds is 6.